The summed E-state index contributed by atoms with van der Waals surface area (Å²) in [6.07, 6.45) is 0.385. The van der Waals surface area contributed by atoms with E-state index in [1.165, 1.54) is 5.94 Å². The number of rotatable bonds is 1. The van der Waals surface area contributed by atoms with Gasteiger partial charge in [0.05, 0.1) is 0 Å². The fourth-order valence-corrected chi connectivity index (χ4v) is 1.10. The summed E-state index contributed by atoms with van der Waals surface area (Å²) in [5, 5.41) is 9.68. The third-order valence-electron chi connectivity index (χ3n) is 1.70. The summed E-state index contributed by atoms with van der Waals surface area (Å²) in [6.45, 7) is 0.404. The number of hydrazine groups is 1. The van der Waals surface area contributed by atoms with Crippen molar-refractivity contribution in [2.24, 2.45) is 11.8 Å². The topological polar surface area (TPSA) is 83.6 Å². The molecular formula is C6H8N2O3. The van der Waals surface area contributed by atoms with Gasteiger partial charge in [-0.05, 0) is 6.42 Å². The molecule has 1 atom stereocenters. The van der Waals surface area contributed by atoms with E-state index in [4.69, 9.17) is 10.9 Å². The normalized spacial score (nSPS) is 23.5. The van der Waals surface area contributed by atoms with Gasteiger partial charge < -0.3 is 10.1 Å². The molecule has 1 heterocycles. The molecule has 0 aromatic rings. The molecule has 1 aliphatic rings. The van der Waals surface area contributed by atoms with Crippen LogP contribution in [0.1, 0.15) is 6.42 Å². The maximum absolute atomic E-state index is 10.4. The first-order chi connectivity index (χ1) is 5.16. The highest BCUT2D eigenvalue weighted by Gasteiger charge is 2.32. The summed E-state index contributed by atoms with van der Waals surface area (Å²) in [7, 11) is 0. The minimum Gasteiger partial charge on any atom is -0.481 e. The van der Waals surface area contributed by atoms with Gasteiger partial charge >= 0.3 is 5.97 Å². The molecule has 5 heteroatoms. The number of carbonyl (C=O) groups excluding carboxylic acids is 1. The summed E-state index contributed by atoms with van der Waals surface area (Å²) in [6, 6.07) is 0. The minimum atomic E-state index is -1.02. The third kappa shape index (κ3) is 1.24. The second-order valence-corrected chi connectivity index (χ2v) is 2.36. The lowest BCUT2D eigenvalue weighted by Crippen LogP contribution is -2.28. The van der Waals surface area contributed by atoms with Gasteiger partial charge in [-0.2, -0.15) is 0 Å². The minimum absolute atomic E-state index is 0.0394. The number of carboxylic acids is 1. The van der Waals surface area contributed by atoms with Gasteiger partial charge in [-0.25, -0.2) is 10.6 Å². The smallest absolute Gasteiger partial charge is 0.313 e. The summed E-state index contributed by atoms with van der Waals surface area (Å²) in [5.74, 6) is 5.04. The van der Waals surface area contributed by atoms with Crippen LogP contribution in [0.2, 0.25) is 0 Å². The largest absolute Gasteiger partial charge is 0.481 e. The first kappa shape index (κ1) is 7.78. The van der Waals surface area contributed by atoms with Crippen molar-refractivity contribution in [2.45, 2.75) is 6.42 Å². The van der Waals surface area contributed by atoms with Crippen molar-refractivity contribution in [1.82, 2.24) is 5.01 Å². The molecule has 0 aromatic heterocycles. The van der Waals surface area contributed by atoms with Gasteiger partial charge in [-0.1, -0.05) is 0 Å². The van der Waals surface area contributed by atoms with E-state index in [2.05, 4.69) is 0 Å². The Morgan fingerprint density at radius 1 is 1.82 bits per heavy atom. The summed E-state index contributed by atoms with van der Waals surface area (Å²) < 4.78 is 0. The summed E-state index contributed by atoms with van der Waals surface area (Å²) >= 11 is 0. The van der Waals surface area contributed by atoms with Gasteiger partial charge in [0.2, 0.25) is 0 Å². The molecular weight excluding hydrogens is 148 g/mol. The van der Waals surface area contributed by atoms with Crippen LogP contribution in [0.15, 0.2) is 5.70 Å². The fraction of sp³-hybridized carbons (Fsp3) is 0.500. The average Bonchev–Trinajstić information content (AvgIpc) is 2.30. The highest BCUT2D eigenvalue weighted by Crippen LogP contribution is 2.22. The number of aliphatic carboxylic acids is 1. The first-order valence-corrected chi connectivity index (χ1v) is 3.17. The van der Waals surface area contributed by atoms with E-state index < -0.39 is 11.9 Å². The Hall–Kier alpha value is -1.32. The maximum atomic E-state index is 10.4. The standard InChI is InChI=1S/C6H8N2O3/c7-8-2-1-4(6(10)11)5(8)3-9/h4H,1-2,7H2,(H,10,11). The van der Waals surface area contributed by atoms with Crippen LogP contribution in [0.5, 0.6) is 0 Å². The molecule has 1 unspecified atom stereocenters. The molecule has 1 fully saturated rings. The molecule has 0 aromatic carbocycles. The van der Waals surface area contributed by atoms with Crippen molar-refractivity contribution in [3.05, 3.63) is 5.70 Å². The predicted octanol–water partition coefficient (Wildman–Crippen LogP) is -1.02. The molecule has 60 valence electrons. The van der Waals surface area contributed by atoms with E-state index in [0.29, 0.717) is 13.0 Å². The number of hydrogen-bond acceptors (Lipinski definition) is 4. The average molecular weight is 156 g/mol. The van der Waals surface area contributed by atoms with E-state index in [1.54, 1.807) is 0 Å². The predicted molar refractivity (Wildman–Crippen MR) is 35.8 cm³/mol. The maximum Gasteiger partial charge on any atom is 0.313 e. The van der Waals surface area contributed by atoms with E-state index >= 15 is 0 Å². The van der Waals surface area contributed by atoms with Gasteiger partial charge in [0.15, 0.2) is 0 Å². The molecule has 1 saturated heterocycles. The van der Waals surface area contributed by atoms with Gasteiger partial charge in [-0.15, -0.1) is 0 Å². The second-order valence-electron chi connectivity index (χ2n) is 2.36. The van der Waals surface area contributed by atoms with Crippen molar-refractivity contribution in [2.75, 3.05) is 6.54 Å². The van der Waals surface area contributed by atoms with Crippen molar-refractivity contribution >= 4 is 11.9 Å². The lowest BCUT2D eigenvalue weighted by Gasteiger charge is -2.08. The van der Waals surface area contributed by atoms with Crippen molar-refractivity contribution in [1.29, 1.82) is 0 Å². The summed E-state index contributed by atoms with van der Waals surface area (Å²) in [4.78, 5) is 20.6. The van der Waals surface area contributed by atoms with Crippen LogP contribution in [-0.2, 0) is 9.59 Å². The van der Waals surface area contributed by atoms with Crippen LogP contribution >= 0.6 is 0 Å². The van der Waals surface area contributed by atoms with Gasteiger partial charge in [0.25, 0.3) is 0 Å². The number of carboxylic acid groups (broad SMARTS) is 1. The number of nitrogens with zero attached hydrogens (tertiary/aromatic N) is 1. The Morgan fingerprint density at radius 2 is 2.45 bits per heavy atom. The zero-order valence-corrected chi connectivity index (χ0v) is 5.78. The Balaban J connectivity index is 2.86. The van der Waals surface area contributed by atoms with Crippen LogP contribution in [0.4, 0.5) is 0 Å². The lowest BCUT2D eigenvalue weighted by molar-refractivity contribution is -0.140. The fourth-order valence-electron chi connectivity index (χ4n) is 1.10. The van der Waals surface area contributed by atoms with E-state index in [1.807, 2.05) is 0 Å². The molecule has 0 aliphatic carbocycles. The zero-order chi connectivity index (χ0) is 8.43. The molecule has 0 spiro atoms. The van der Waals surface area contributed by atoms with Crippen molar-refractivity contribution < 1.29 is 14.7 Å². The number of nitrogens with two attached hydrogens (primary N) is 1. The Morgan fingerprint density at radius 3 is 2.82 bits per heavy atom. The highest BCUT2D eigenvalue weighted by atomic mass is 16.4. The van der Waals surface area contributed by atoms with E-state index in [9.17, 15) is 9.59 Å². The quantitative estimate of drug-likeness (QED) is 0.375. The first-order valence-electron chi connectivity index (χ1n) is 3.17. The summed E-state index contributed by atoms with van der Waals surface area (Å²) in [5.41, 5.74) is 0.0394. The highest BCUT2D eigenvalue weighted by molar-refractivity contribution is 5.77. The molecule has 1 aliphatic heterocycles. The molecule has 0 amide bonds. The van der Waals surface area contributed by atoms with Crippen LogP contribution in [0.3, 0.4) is 0 Å². The number of carbonyl (C=O) groups is 1. The van der Waals surface area contributed by atoms with Crippen LogP contribution in [0, 0.1) is 5.92 Å². The molecule has 1 rings (SSSR count). The third-order valence-corrected chi connectivity index (χ3v) is 1.70. The molecule has 5 nitrogen and oxygen atoms in total. The van der Waals surface area contributed by atoms with Crippen LogP contribution < -0.4 is 5.84 Å². The molecule has 11 heavy (non-hydrogen) atoms. The zero-order valence-electron chi connectivity index (χ0n) is 5.78. The molecule has 0 saturated carbocycles. The monoisotopic (exact) mass is 156 g/mol. The SMILES string of the molecule is NN1CCC(C(=O)O)C1=C=O. The Labute approximate surface area is 63.1 Å². The Kier molecular flexibility index (Phi) is 1.94. The number of hydrogen-bond donors (Lipinski definition) is 2. The Bertz CT molecular complexity index is 232. The van der Waals surface area contributed by atoms with Crippen LogP contribution in [0.25, 0.3) is 0 Å². The second kappa shape index (κ2) is 2.74. The molecule has 3 N–H and O–H groups in total. The van der Waals surface area contributed by atoms with E-state index in [-0.39, 0.29) is 5.70 Å². The van der Waals surface area contributed by atoms with Crippen LogP contribution in [-0.4, -0.2) is 28.6 Å². The lowest BCUT2D eigenvalue weighted by atomic mass is 10.1. The van der Waals surface area contributed by atoms with Gasteiger partial charge in [-0.3, -0.25) is 4.79 Å². The van der Waals surface area contributed by atoms with Gasteiger partial charge in [0, 0.05) is 6.54 Å². The van der Waals surface area contributed by atoms with Gasteiger partial charge in [0.1, 0.15) is 17.6 Å². The molecule has 0 bridgehead atoms. The molecule has 0 radical (unpaired) electrons. The van der Waals surface area contributed by atoms with Crippen molar-refractivity contribution in [3.8, 4) is 0 Å². The van der Waals surface area contributed by atoms with E-state index in [0.717, 1.165) is 5.01 Å². The van der Waals surface area contributed by atoms with Crippen molar-refractivity contribution in [3.63, 3.8) is 0 Å².